The Morgan fingerprint density at radius 1 is 0.781 bits per heavy atom. The van der Waals surface area contributed by atoms with Gasteiger partial charge in [0.25, 0.3) is 11.8 Å². The van der Waals surface area contributed by atoms with Gasteiger partial charge in [0, 0.05) is 11.8 Å². The van der Waals surface area contributed by atoms with E-state index in [1.54, 1.807) is 35.1 Å². The molecule has 5 rings (SSSR count). The molecule has 0 radical (unpaired) electrons. The molecule has 32 heavy (non-hydrogen) atoms. The minimum absolute atomic E-state index is 0.233. The van der Waals surface area contributed by atoms with Crippen LogP contribution in [0.15, 0.2) is 91.1 Å². The number of amides is 2. The molecule has 0 spiro atoms. The molecule has 0 aliphatic carbocycles. The maximum atomic E-state index is 13.0. The van der Waals surface area contributed by atoms with Gasteiger partial charge in [0.1, 0.15) is 11.3 Å². The minimum Gasteiger partial charge on any atom is -0.440 e. The van der Waals surface area contributed by atoms with Crippen molar-refractivity contribution in [3.63, 3.8) is 0 Å². The Kier molecular flexibility index (Phi) is 4.84. The summed E-state index contributed by atoms with van der Waals surface area (Å²) < 4.78 is 6.99. The molecule has 0 bridgehead atoms. The number of hydrogen-bond acceptors (Lipinski definition) is 5. The lowest BCUT2D eigenvalue weighted by Gasteiger charge is -2.13. The van der Waals surface area contributed by atoms with Gasteiger partial charge in [0.05, 0.1) is 16.8 Å². The largest absolute Gasteiger partial charge is 0.440 e. The molecule has 2 amide bonds. The lowest BCUT2D eigenvalue weighted by molar-refractivity contribution is 0.0229. The average molecular weight is 423 g/mol. The van der Waals surface area contributed by atoms with E-state index in [0.717, 1.165) is 16.2 Å². The third kappa shape index (κ3) is 3.35. The van der Waals surface area contributed by atoms with Crippen molar-refractivity contribution in [1.82, 2.24) is 14.7 Å². The van der Waals surface area contributed by atoms with Gasteiger partial charge in [-0.3, -0.25) is 9.59 Å². The second-order valence-electron chi connectivity index (χ2n) is 7.18. The van der Waals surface area contributed by atoms with Crippen LogP contribution in [0, 0.1) is 0 Å². The summed E-state index contributed by atoms with van der Waals surface area (Å²) in [4.78, 5) is 39.0. The van der Waals surface area contributed by atoms with Gasteiger partial charge in [0.15, 0.2) is 6.73 Å². The molecule has 0 fully saturated rings. The summed E-state index contributed by atoms with van der Waals surface area (Å²) in [5, 5.41) is 4.58. The number of rotatable bonds is 5. The van der Waals surface area contributed by atoms with Crippen molar-refractivity contribution in [1.29, 1.82) is 0 Å². The molecule has 156 valence electrons. The minimum atomic E-state index is -0.678. The van der Waals surface area contributed by atoms with E-state index in [4.69, 9.17) is 4.74 Å². The van der Waals surface area contributed by atoms with Gasteiger partial charge in [-0.25, -0.2) is 14.4 Å². The van der Waals surface area contributed by atoms with Gasteiger partial charge in [-0.05, 0) is 24.3 Å². The molecule has 1 aliphatic heterocycles. The Bertz CT molecular complexity index is 1290. The first kappa shape index (κ1) is 19.4. The molecule has 0 saturated carbocycles. The first-order valence-electron chi connectivity index (χ1n) is 9.96. The highest BCUT2D eigenvalue weighted by Gasteiger charge is 2.36. The zero-order chi connectivity index (χ0) is 22.1. The number of aromatic nitrogens is 2. The number of imide groups is 1. The van der Waals surface area contributed by atoms with Crippen LogP contribution in [0.2, 0.25) is 0 Å². The van der Waals surface area contributed by atoms with Gasteiger partial charge in [-0.2, -0.15) is 5.10 Å². The number of carbonyl (C=O) groups is 3. The van der Waals surface area contributed by atoms with E-state index in [0.29, 0.717) is 16.8 Å². The lowest BCUT2D eigenvalue weighted by atomic mass is 10.1. The zero-order valence-electron chi connectivity index (χ0n) is 16.8. The number of fused-ring (bicyclic) bond motifs is 1. The quantitative estimate of drug-likeness (QED) is 0.359. The molecule has 0 saturated heterocycles. The molecule has 3 aromatic carbocycles. The summed E-state index contributed by atoms with van der Waals surface area (Å²) in [5.41, 5.74) is 2.81. The van der Waals surface area contributed by atoms with Crippen LogP contribution in [0.4, 0.5) is 0 Å². The van der Waals surface area contributed by atoms with Gasteiger partial charge >= 0.3 is 5.97 Å². The van der Waals surface area contributed by atoms with Crippen molar-refractivity contribution in [3.05, 3.63) is 108 Å². The second-order valence-corrected chi connectivity index (χ2v) is 7.18. The summed E-state index contributed by atoms with van der Waals surface area (Å²) in [6.45, 7) is -0.476. The predicted octanol–water partition coefficient (Wildman–Crippen LogP) is 3.95. The number of para-hydroxylation sites is 1. The average Bonchev–Trinajstić information content (AvgIpc) is 3.39. The van der Waals surface area contributed by atoms with Crippen molar-refractivity contribution in [3.8, 4) is 16.9 Å². The third-order valence-electron chi connectivity index (χ3n) is 5.21. The van der Waals surface area contributed by atoms with E-state index < -0.39 is 24.5 Å². The van der Waals surface area contributed by atoms with Crippen LogP contribution >= 0.6 is 0 Å². The van der Waals surface area contributed by atoms with Crippen molar-refractivity contribution < 1.29 is 19.1 Å². The second kappa shape index (κ2) is 7.96. The molecular weight excluding hydrogens is 406 g/mol. The molecular formula is C25H17N3O4. The monoisotopic (exact) mass is 423 g/mol. The fraction of sp³-hybridized carbons (Fsp3) is 0.0400. The van der Waals surface area contributed by atoms with Crippen LogP contribution in [0.3, 0.4) is 0 Å². The summed E-state index contributed by atoms with van der Waals surface area (Å²) in [6, 6.07) is 25.2. The molecule has 4 aromatic rings. The van der Waals surface area contributed by atoms with Crippen LogP contribution in [-0.2, 0) is 4.74 Å². The van der Waals surface area contributed by atoms with E-state index >= 15 is 0 Å². The van der Waals surface area contributed by atoms with Crippen LogP contribution in [-0.4, -0.2) is 39.2 Å². The Morgan fingerprint density at radius 2 is 1.34 bits per heavy atom. The van der Waals surface area contributed by atoms with E-state index in [1.807, 2.05) is 60.7 Å². The van der Waals surface area contributed by atoms with E-state index in [1.165, 1.54) is 0 Å². The molecule has 0 unspecified atom stereocenters. The number of nitrogens with zero attached hydrogens (tertiary/aromatic N) is 3. The van der Waals surface area contributed by atoms with Crippen LogP contribution in [0.5, 0.6) is 0 Å². The highest BCUT2D eigenvalue weighted by molar-refractivity contribution is 6.21. The maximum Gasteiger partial charge on any atom is 0.343 e. The van der Waals surface area contributed by atoms with E-state index in [-0.39, 0.29) is 5.56 Å². The highest BCUT2D eigenvalue weighted by Crippen LogP contribution is 2.26. The number of esters is 1. The summed E-state index contributed by atoms with van der Waals surface area (Å²) >= 11 is 0. The Labute approximate surface area is 183 Å². The normalized spacial score (nSPS) is 12.7. The number of carbonyl (C=O) groups excluding carboxylic acids is 3. The van der Waals surface area contributed by atoms with Gasteiger partial charge < -0.3 is 4.74 Å². The van der Waals surface area contributed by atoms with Crippen molar-refractivity contribution in [2.45, 2.75) is 0 Å². The molecule has 7 nitrogen and oxygen atoms in total. The Hall–Kier alpha value is -4.52. The van der Waals surface area contributed by atoms with Crippen molar-refractivity contribution in [2.75, 3.05) is 6.73 Å². The summed E-state index contributed by atoms with van der Waals surface area (Å²) in [5.74, 6) is -1.65. The molecule has 1 aromatic heterocycles. The number of ether oxygens (including phenoxy) is 1. The van der Waals surface area contributed by atoms with Crippen LogP contribution < -0.4 is 0 Å². The fourth-order valence-electron chi connectivity index (χ4n) is 3.60. The van der Waals surface area contributed by atoms with Gasteiger partial charge in [-0.1, -0.05) is 60.7 Å². The standard InChI is InChI=1S/C25H17N3O4/c29-23-19-13-7-8-14-20(19)24(30)27(23)16-32-25(31)21-15-28(18-11-5-2-6-12-18)26-22(21)17-9-3-1-4-10-17/h1-15H,16H2. The summed E-state index contributed by atoms with van der Waals surface area (Å²) in [7, 11) is 0. The maximum absolute atomic E-state index is 13.0. The lowest BCUT2D eigenvalue weighted by Crippen LogP contribution is -2.33. The predicted molar refractivity (Wildman–Crippen MR) is 116 cm³/mol. The third-order valence-corrected chi connectivity index (χ3v) is 5.21. The van der Waals surface area contributed by atoms with Crippen LogP contribution in [0.25, 0.3) is 16.9 Å². The smallest absolute Gasteiger partial charge is 0.343 e. The first-order chi connectivity index (χ1) is 15.6. The molecule has 0 N–H and O–H groups in total. The van der Waals surface area contributed by atoms with Gasteiger partial charge in [-0.15, -0.1) is 0 Å². The van der Waals surface area contributed by atoms with E-state index in [9.17, 15) is 14.4 Å². The number of hydrogen-bond donors (Lipinski definition) is 0. The van der Waals surface area contributed by atoms with Crippen LogP contribution in [0.1, 0.15) is 31.1 Å². The van der Waals surface area contributed by atoms with Crippen molar-refractivity contribution in [2.24, 2.45) is 0 Å². The molecule has 7 heteroatoms. The van der Waals surface area contributed by atoms with Crippen molar-refractivity contribution >= 4 is 17.8 Å². The SMILES string of the molecule is O=C(OCN1C(=O)c2ccccc2C1=O)c1cn(-c2ccccc2)nc1-c1ccccc1. The summed E-state index contributed by atoms with van der Waals surface area (Å²) in [6.07, 6.45) is 1.59. The topological polar surface area (TPSA) is 81.5 Å². The highest BCUT2D eigenvalue weighted by atomic mass is 16.5. The Morgan fingerprint density at radius 3 is 1.97 bits per heavy atom. The molecule has 1 aliphatic rings. The zero-order valence-corrected chi connectivity index (χ0v) is 16.8. The molecule has 0 atom stereocenters. The molecule has 2 heterocycles. The number of benzene rings is 3. The fourth-order valence-corrected chi connectivity index (χ4v) is 3.60. The van der Waals surface area contributed by atoms with Gasteiger partial charge in [0.2, 0.25) is 0 Å². The Balaban J connectivity index is 1.43. The van der Waals surface area contributed by atoms with E-state index in [2.05, 4.69) is 5.10 Å². The first-order valence-corrected chi connectivity index (χ1v) is 9.96.